The molecule has 1 heterocycles. The number of anilines is 4. The van der Waals surface area contributed by atoms with Crippen LogP contribution < -0.4 is 15.4 Å². The molecule has 0 amide bonds. The first-order valence-electron chi connectivity index (χ1n) is 7.75. The van der Waals surface area contributed by atoms with Gasteiger partial charge in [-0.2, -0.15) is 0 Å². The molecule has 3 rings (SSSR count). The normalized spacial score (nSPS) is 10.2. The lowest BCUT2D eigenvalue weighted by Gasteiger charge is -2.09. The molecule has 6 nitrogen and oxygen atoms in total. The maximum atomic E-state index is 11.5. The number of methoxy groups -OCH3 is 1. The largest absolute Gasteiger partial charge is 0.497 e. The number of rotatable bonds is 6. The zero-order valence-corrected chi connectivity index (χ0v) is 14.0. The van der Waals surface area contributed by atoms with Gasteiger partial charge in [0, 0.05) is 23.0 Å². The summed E-state index contributed by atoms with van der Waals surface area (Å²) in [4.78, 5) is 19.9. The highest BCUT2D eigenvalue weighted by Gasteiger charge is 2.03. The number of nitrogens with one attached hydrogen (secondary N) is 2. The molecule has 2 N–H and O–H groups in total. The Morgan fingerprint density at radius 2 is 1.60 bits per heavy atom. The molecule has 2 aromatic carbocycles. The van der Waals surface area contributed by atoms with E-state index in [9.17, 15) is 4.79 Å². The number of hydrogen-bond donors (Lipinski definition) is 2. The van der Waals surface area contributed by atoms with Crippen molar-refractivity contribution in [1.29, 1.82) is 0 Å². The number of carbonyl (C=O) groups excluding carboxylic acids is 1. The Morgan fingerprint density at radius 3 is 2.24 bits per heavy atom. The lowest BCUT2D eigenvalue weighted by molar-refractivity contribution is 0.101. The first kappa shape index (κ1) is 16.4. The lowest BCUT2D eigenvalue weighted by Crippen LogP contribution is -1.99. The van der Waals surface area contributed by atoms with Crippen molar-refractivity contribution in [2.45, 2.75) is 6.92 Å². The second-order valence-corrected chi connectivity index (χ2v) is 5.40. The van der Waals surface area contributed by atoms with Crippen LogP contribution in [0.25, 0.3) is 0 Å². The van der Waals surface area contributed by atoms with E-state index in [4.69, 9.17) is 4.74 Å². The van der Waals surface area contributed by atoms with E-state index in [1.165, 1.54) is 6.33 Å². The second-order valence-electron chi connectivity index (χ2n) is 5.40. The Balaban J connectivity index is 1.74. The molecule has 0 saturated carbocycles. The van der Waals surface area contributed by atoms with Gasteiger partial charge in [-0.15, -0.1) is 0 Å². The van der Waals surface area contributed by atoms with E-state index in [-0.39, 0.29) is 5.78 Å². The summed E-state index contributed by atoms with van der Waals surface area (Å²) in [6, 6.07) is 16.6. The van der Waals surface area contributed by atoms with E-state index in [1.54, 1.807) is 32.2 Å². The fourth-order valence-corrected chi connectivity index (χ4v) is 2.28. The van der Waals surface area contributed by atoms with Crippen LogP contribution in [0.4, 0.5) is 23.0 Å². The highest BCUT2D eigenvalue weighted by molar-refractivity contribution is 5.95. The third-order valence-corrected chi connectivity index (χ3v) is 3.57. The molecule has 0 aliphatic heterocycles. The Morgan fingerprint density at radius 1 is 0.920 bits per heavy atom. The van der Waals surface area contributed by atoms with Gasteiger partial charge in [-0.25, -0.2) is 9.97 Å². The van der Waals surface area contributed by atoms with Crippen LogP contribution in [0, 0.1) is 0 Å². The minimum Gasteiger partial charge on any atom is -0.497 e. The Kier molecular flexibility index (Phi) is 4.89. The van der Waals surface area contributed by atoms with Crippen LogP contribution in [0.15, 0.2) is 60.9 Å². The average molecular weight is 334 g/mol. The predicted octanol–water partition coefficient (Wildman–Crippen LogP) is 4.18. The third-order valence-electron chi connectivity index (χ3n) is 3.57. The van der Waals surface area contributed by atoms with E-state index in [0.29, 0.717) is 17.2 Å². The Labute approximate surface area is 145 Å². The van der Waals surface area contributed by atoms with Gasteiger partial charge in [0.1, 0.15) is 23.7 Å². The molecule has 0 fully saturated rings. The number of Topliss-reactive ketones (excluding diaryl/α,β-unsaturated/α-hetero) is 1. The second kappa shape index (κ2) is 7.44. The van der Waals surface area contributed by atoms with Gasteiger partial charge >= 0.3 is 0 Å². The van der Waals surface area contributed by atoms with Crippen molar-refractivity contribution >= 4 is 28.8 Å². The van der Waals surface area contributed by atoms with Crippen molar-refractivity contribution in [3.05, 3.63) is 66.5 Å². The van der Waals surface area contributed by atoms with Gasteiger partial charge < -0.3 is 15.4 Å². The summed E-state index contributed by atoms with van der Waals surface area (Å²) in [7, 11) is 1.63. The summed E-state index contributed by atoms with van der Waals surface area (Å²) in [6.45, 7) is 1.54. The molecule has 0 saturated heterocycles. The van der Waals surface area contributed by atoms with Gasteiger partial charge in [-0.3, -0.25) is 4.79 Å². The number of ether oxygens (including phenoxy) is 1. The number of hydrogen-bond acceptors (Lipinski definition) is 6. The number of aromatic nitrogens is 2. The number of carbonyl (C=O) groups is 1. The lowest BCUT2D eigenvalue weighted by atomic mass is 10.1. The van der Waals surface area contributed by atoms with Crippen LogP contribution in [-0.4, -0.2) is 22.9 Å². The molecule has 1 aromatic heterocycles. The van der Waals surface area contributed by atoms with E-state index in [1.807, 2.05) is 36.4 Å². The van der Waals surface area contributed by atoms with Gasteiger partial charge in [0.25, 0.3) is 0 Å². The molecule has 126 valence electrons. The minimum absolute atomic E-state index is 0.0215. The van der Waals surface area contributed by atoms with Crippen molar-refractivity contribution in [3.8, 4) is 5.75 Å². The molecule has 0 unspecified atom stereocenters. The van der Waals surface area contributed by atoms with Crippen LogP contribution in [-0.2, 0) is 0 Å². The first-order chi connectivity index (χ1) is 12.1. The monoisotopic (exact) mass is 334 g/mol. The first-order valence-corrected chi connectivity index (χ1v) is 7.75. The SMILES string of the molecule is COc1ccc(Nc2cc(Nc3cccc(C(C)=O)c3)ncn2)cc1. The summed E-state index contributed by atoms with van der Waals surface area (Å²) in [6.07, 6.45) is 1.48. The maximum absolute atomic E-state index is 11.5. The summed E-state index contributed by atoms with van der Waals surface area (Å²) >= 11 is 0. The van der Waals surface area contributed by atoms with Gasteiger partial charge in [-0.1, -0.05) is 12.1 Å². The summed E-state index contributed by atoms with van der Waals surface area (Å²) < 4.78 is 5.14. The standard InChI is InChI=1S/C19H18N4O2/c1-13(24)14-4-3-5-16(10-14)23-19-11-18(20-12-21-19)22-15-6-8-17(25-2)9-7-15/h3-12H,1-2H3,(H2,20,21,22,23). The van der Waals surface area contributed by atoms with Crippen molar-refractivity contribution in [3.63, 3.8) is 0 Å². The fourth-order valence-electron chi connectivity index (χ4n) is 2.28. The molecule has 0 bridgehead atoms. The molecule has 6 heteroatoms. The Bertz CT molecular complexity index is 879. The van der Waals surface area contributed by atoms with Gasteiger partial charge in [0.15, 0.2) is 5.78 Å². The van der Waals surface area contributed by atoms with Crippen LogP contribution >= 0.6 is 0 Å². The fraction of sp³-hybridized carbons (Fsp3) is 0.105. The summed E-state index contributed by atoms with van der Waals surface area (Å²) in [5.41, 5.74) is 2.33. The molecular formula is C19H18N4O2. The van der Waals surface area contributed by atoms with Crippen LogP contribution in [0.5, 0.6) is 5.75 Å². The number of ketones is 1. The van der Waals surface area contributed by atoms with E-state index >= 15 is 0 Å². The van der Waals surface area contributed by atoms with Gasteiger partial charge in [-0.05, 0) is 43.3 Å². The topological polar surface area (TPSA) is 76.1 Å². The molecule has 0 aliphatic rings. The van der Waals surface area contributed by atoms with Crippen molar-refractivity contribution in [2.24, 2.45) is 0 Å². The van der Waals surface area contributed by atoms with Crippen LogP contribution in [0.2, 0.25) is 0 Å². The zero-order chi connectivity index (χ0) is 17.6. The average Bonchev–Trinajstić information content (AvgIpc) is 2.63. The smallest absolute Gasteiger partial charge is 0.159 e. The highest BCUT2D eigenvalue weighted by atomic mass is 16.5. The molecular weight excluding hydrogens is 316 g/mol. The number of nitrogens with zero attached hydrogens (tertiary/aromatic N) is 2. The Hall–Kier alpha value is -3.41. The third kappa shape index (κ3) is 4.32. The molecule has 3 aromatic rings. The van der Waals surface area contributed by atoms with E-state index in [2.05, 4.69) is 20.6 Å². The van der Waals surface area contributed by atoms with Crippen molar-refractivity contribution in [2.75, 3.05) is 17.7 Å². The summed E-state index contributed by atoms with van der Waals surface area (Å²) in [5, 5.41) is 6.39. The van der Waals surface area contributed by atoms with Crippen molar-refractivity contribution in [1.82, 2.24) is 9.97 Å². The minimum atomic E-state index is 0.0215. The summed E-state index contributed by atoms with van der Waals surface area (Å²) in [5.74, 6) is 2.10. The zero-order valence-electron chi connectivity index (χ0n) is 14.0. The molecule has 0 radical (unpaired) electrons. The van der Waals surface area contributed by atoms with Gasteiger partial charge in [0.05, 0.1) is 7.11 Å². The molecule has 0 aliphatic carbocycles. The molecule has 0 atom stereocenters. The van der Waals surface area contributed by atoms with E-state index in [0.717, 1.165) is 17.1 Å². The van der Waals surface area contributed by atoms with Crippen LogP contribution in [0.1, 0.15) is 17.3 Å². The number of benzene rings is 2. The van der Waals surface area contributed by atoms with E-state index < -0.39 is 0 Å². The quantitative estimate of drug-likeness (QED) is 0.659. The predicted molar refractivity (Wildman–Crippen MR) is 98.0 cm³/mol. The van der Waals surface area contributed by atoms with Crippen molar-refractivity contribution < 1.29 is 9.53 Å². The van der Waals surface area contributed by atoms with Crippen LogP contribution in [0.3, 0.4) is 0 Å². The molecule has 0 spiro atoms. The van der Waals surface area contributed by atoms with Gasteiger partial charge in [0.2, 0.25) is 0 Å². The molecule has 25 heavy (non-hydrogen) atoms. The maximum Gasteiger partial charge on any atom is 0.159 e. The highest BCUT2D eigenvalue weighted by Crippen LogP contribution is 2.21.